The number of ketones is 1. The Morgan fingerprint density at radius 3 is 2.75 bits per heavy atom. The maximum absolute atomic E-state index is 12.7. The highest BCUT2D eigenvalue weighted by Crippen LogP contribution is 2.18. The predicted molar refractivity (Wildman–Crippen MR) is 83.2 cm³/mol. The van der Waals surface area contributed by atoms with Gasteiger partial charge in [0.1, 0.15) is 10.2 Å². The molecule has 0 aliphatic carbocycles. The van der Waals surface area contributed by atoms with E-state index in [0.29, 0.717) is 15.7 Å². The van der Waals surface area contributed by atoms with Gasteiger partial charge in [-0.15, -0.1) is 6.58 Å². The van der Waals surface area contributed by atoms with Crippen LogP contribution in [0.4, 0.5) is 4.39 Å². The molecule has 0 heterocycles. The molecule has 0 N–H and O–H groups in total. The van der Waals surface area contributed by atoms with Crippen LogP contribution in [0.3, 0.4) is 0 Å². The van der Waals surface area contributed by atoms with Gasteiger partial charge in [0, 0.05) is 11.3 Å². The van der Waals surface area contributed by atoms with E-state index in [9.17, 15) is 9.18 Å². The average Bonchev–Trinajstić information content (AvgIpc) is 2.45. The number of hydrogen-bond donors (Lipinski definition) is 0. The molecule has 1 rings (SSSR count). The van der Waals surface area contributed by atoms with Gasteiger partial charge in [-0.1, -0.05) is 29.6 Å². The molecular formula is C14H11FN2OS2. The molecule has 0 aliphatic heterocycles. The van der Waals surface area contributed by atoms with E-state index >= 15 is 0 Å². The molecule has 0 fully saturated rings. The first-order valence-corrected chi connectivity index (χ1v) is 7.37. The molecule has 0 saturated heterocycles. The summed E-state index contributed by atoms with van der Waals surface area (Å²) in [6.07, 6.45) is 4.76. The Kier molecular flexibility index (Phi) is 7.40. The second-order valence-corrected chi connectivity index (χ2v) is 5.53. The fraction of sp³-hybridized carbons (Fsp3) is 0.0714. The van der Waals surface area contributed by atoms with Crippen molar-refractivity contribution < 1.29 is 9.18 Å². The second-order valence-electron chi connectivity index (χ2n) is 3.37. The minimum absolute atomic E-state index is 0.234. The van der Waals surface area contributed by atoms with E-state index in [-0.39, 0.29) is 11.6 Å². The lowest BCUT2D eigenvalue weighted by Gasteiger charge is -1.97. The van der Waals surface area contributed by atoms with Crippen LogP contribution in [0.5, 0.6) is 0 Å². The van der Waals surface area contributed by atoms with Crippen LogP contribution in [0.2, 0.25) is 0 Å². The summed E-state index contributed by atoms with van der Waals surface area (Å²) in [6, 6.07) is 5.31. The van der Waals surface area contributed by atoms with Crippen LogP contribution in [-0.4, -0.2) is 15.9 Å². The predicted octanol–water partition coefficient (Wildman–Crippen LogP) is 4.01. The number of nitrogens with zero attached hydrogens (tertiary/aromatic N) is 2. The molecule has 0 atom stereocenters. The van der Waals surface area contributed by atoms with E-state index in [4.69, 9.17) is 5.26 Å². The van der Waals surface area contributed by atoms with Crippen LogP contribution < -0.4 is 0 Å². The van der Waals surface area contributed by atoms with Gasteiger partial charge in [0.25, 0.3) is 0 Å². The van der Waals surface area contributed by atoms with E-state index in [1.807, 2.05) is 0 Å². The highest BCUT2D eigenvalue weighted by atomic mass is 32.2. The minimum atomic E-state index is -0.385. The standard InChI is InChI=1S/C14H11FN2OS2/c1-2-8-19-14(17-10-16)20-9-7-13(18)11-3-5-12(15)6-4-11/h2-7,9H,1,8H2. The number of halogens is 1. The minimum Gasteiger partial charge on any atom is -0.289 e. The van der Waals surface area contributed by atoms with E-state index in [2.05, 4.69) is 11.6 Å². The smallest absolute Gasteiger partial charge is 0.207 e. The summed E-state index contributed by atoms with van der Waals surface area (Å²) in [5, 5.41) is 10.1. The fourth-order valence-corrected chi connectivity index (χ4v) is 2.54. The maximum atomic E-state index is 12.7. The monoisotopic (exact) mass is 306 g/mol. The van der Waals surface area contributed by atoms with Gasteiger partial charge < -0.3 is 0 Å². The molecule has 0 aliphatic rings. The quantitative estimate of drug-likeness (QED) is 0.206. The Labute approximate surface area is 125 Å². The summed E-state index contributed by atoms with van der Waals surface area (Å²) < 4.78 is 13.3. The fourth-order valence-electron chi connectivity index (χ4n) is 1.13. The van der Waals surface area contributed by atoms with Crippen LogP contribution in [0.15, 0.2) is 53.4 Å². The zero-order valence-electron chi connectivity index (χ0n) is 10.5. The van der Waals surface area contributed by atoms with Crippen molar-refractivity contribution in [2.24, 2.45) is 4.99 Å². The average molecular weight is 306 g/mol. The molecule has 0 unspecified atom stereocenters. The van der Waals surface area contributed by atoms with E-state index in [1.165, 1.54) is 53.9 Å². The first-order valence-electron chi connectivity index (χ1n) is 5.51. The van der Waals surface area contributed by atoms with E-state index in [0.717, 1.165) is 0 Å². The normalized spacial score (nSPS) is 11.3. The molecule has 0 radical (unpaired) electrons. The number of thioether (sulfide) groups is 2. The van der Waals surface area contributed by atoms with Gasteiger partial charge in [-0.25, -0.2) is 4.39 Å². The third kappa shape index (κ3) is 5.87. The molecule has 0 bridgehead atoms. The number of benzene rings is 1. The second kappa shape index (κ2) is 9.13. The Morgan fingerprint density at radius 2 is 2.15 bits per heavy atom. The molecule has 102 valence electrons. The Balaban J connectivity index is 2.61. The number of hydrogen-bond acceptors (Lipinski definition) is 5. The number of allylic oxidation sites excluding steroid dienone is 1. The molecule has 0 spiro atoms. The summed E-state index contributed by atoms with van der Waals surface area (Å²) in [7, 11) is 0. The van der Waals surface area contributed by atoms with Crippen molar-refractivity contribution in [1.82, 2.24) is 0 Å². The van der Waals surface area contributed by atoms with Crippen LogP contribution in [0, 0.1) is 17.3 Å². The molecule has 1 aromatic carbocycles. The van der Waals surface area contributed by atoms with Crippen molar-refractivity contribution in [3.63, 3.8) is 0 Å². The molecule has 1 aromatic rings. The van der Waals surface area contributed by atoms with Gasteiger partial charge >= 0.3 is 0 Å². The number of aliphatic imine (C=N–C) groups is 1. The van der Waals surface area contributed by atoms with Crippen molar-refractivity contribution in [2.75, 3.05) is 5.75 Å². The van der Waals surface area contributed by atoms with Gasteiger partial charge in [-0.05, 0) is 35.7 Å². The summed E-state index contributed by atoms with van der Waals surface area (Å²) in [4.78, 5) is 15.4. The third-order valence-electron chi connectivity index (χ3n) is 1.98. The molecular weight excluding hydrogens is 295 g/mol. The van der Waals surface area contributed by atoms with Crippen LogP contribution >= 0.6 is 23.5 Å². The SMILES string of the molecule is C=CCSC(=NC#N)SC=CC(=O)c1ccc(F)cc1. The largest absolute Gasteiger partial charge is 0.289 e. The Morgan fingerprint density at radius 1 is 1.45 bits per heavy atom. The first-order chi connectivity index (χ1) is 9.67. The van der Waals surface area contributed by atoms with Crippen LogP contribution in [-0.2, 0) is 0 Å². The van der Waals surface area contributed by atoms with Gasteiger partial charge in [0.05, 0.1) is 0 Å². The lowest BCUT2D eigenvalue weighted by molar-refractivity contribution is 0.104. The van der Waals surface area contributed by atoms with Crippen LogP contribution in [0.1, 0.15) is 10.4 Å². The lowest BCUT2D eigenvalue weighted by Crippen LogP contribution is -1.93. The zero-order chi connectivity index (χ0) is 14.8. The zero-order valence-corrected chi connectivity index (χ0v) is 12.1. The third-order valence-corrected chi connectivity index (χ3v) is 3.93. The summed E-state index contributed by atoms with van der Waals surface area (Å²) in [5.41, 5.74) is 0.403. The lowest BCUT2D eigenvalue weighted by atomic mass is 10.1. The topological polar surface area (TPSA) is 53.2 Å². The Bertz CT molecular complexity index is 574. The summed E-state index contributed by atoms with van der Waals surface area (Å²) >= 11 is 2.54. The van der Waals surface area contributed by atoms with E-state index < -0.39 is 0 Å². The highest BCUT2D eigenvalue weighted by Gasteiger charge is 2.02. The highest BCUT2D eigenvalue weighted by molar-refractivity contribution is 8.40. The molecule has 0 aromatic heterocycles. The number of carbonyl (C=O) groups is 1. The van der Waals surface area contributed by atoms with Gasteiger partial charge in [-0.2, -0.15) is 10.3 Å². The molecule has 6 heteroatoms. The van der Waals surface area contributed by atoms with Gasteiger partial charge in [0.15, 0.2) is 5.78 Å². The number of nitriles is 1. The number of rotatable bonds is 5. The summed E-state index contributed by atoms with van der Waals surface area (Å²) in [5.74, 6) is 0.0134. The van der Waals surface area contributed by atoms with Crippen molar-refractivity contribution in [2.45, 2.75) is 0 Å². The molecule has 3 nitrogen and oxygen atoms in total. The molecule has 0 amide bonds. The maximum Gasteiger partial charge on any atom is 0.207 e. The molecule has 20 heavy (non-hydrogen) atoms. The number of carbonyl (C=O) groups excluding carboxylic acids is 1. The van der Waals surface area contributed by atoms with Crippen LogP contribution in [0.25, 0.3) is 0 Å². The van der Waals surface area contributed by atoms with E-state index in [1.54, 1.807) is 17.7 Å². The van der Waals surface area contributed by atoms with Crippen molar-refractivity contribution in [3.8, 4) is 6.19 Å². The van der Waals surface area contributed by atoms with Crippen molar-refractivity contribution in [1.29, 1.82) is 5.26 Å². The van der Waals surface area contributed by atoms with Gasteiger partial charge in [-0.3, -0.25) is 4.79 Å². The Hall–Kier alpha value is -1.84. The first kappa shape index (κ1) is 16.2. The van der Waals surface area contributed by atoms with Crippen molar-refractivity contribution in [3.05, 3.63) is 59.8 Å². The summed E-state index contributed by atoms with van der Waals surface area (Å²) in [6.45, 7) is 3.58. The molecule has 0 saturated carbocycles. The van der Waals surface area contributed by atoms with Crippen molar-refractivity contribution >= 4 is 33.7 Å². The van der Waals surface area contributed by atoms with Gasteiger partial charge in [0.2, 0.25) is 6.19 Å².